The topological polar surface area (TPSA) is 70.2 Å². The van der Waals surface area contributed by atoms with Crippen LogP contribution in [0, 0.1) is 0 Å². The zero-order valence-corrected chi connectivity index (χ0v) is 11.6. The first-order chi connectivity index (χ1) is 9.02. The molecule has 0 aliphatic rings. The minimum Gasteiger partial charge on any atom is -0.374 e. The van der Waals surface area contributed by atoms with E-state index in [2.05, 4.69) is 16.0 Å². The number of carbonyl (C=O) groups is 2. The summed E-state index contributed by atoms with van der Waals surface area (Å²) < 4.78 is 0. The Balaban J connectivity index is 2.60. The van der Waals surface area contributed by atoms with Crippen molar-refractivity contribution < 1.29 is 9.59 Å². The van der Waals surface area contributed by atoms with Gasteiger partial charge < -0.3 is 16.0 Å². The van der Waals surface area contributed by atoms with Crippen molar-refractivity contribution in [3.8, 4) is 0 Å². The lowest BCUT2D eigenvalue weighted by Crippen LogP contribution is -2.37. The molecule has 1 rings (SSSR count). The molecule has 1 aromatic carbocycles. The molecule has 1 unspecified atom stereocenters. The van der Waals surface area contributed by atoms with Crippen LogP contribution in [0.5, 0.6) is 0 Å². The molecule has 0 radical (unpaired) electrons. The third-order valence-electron chi connectivity index (χ3n) is 2.51. The van der Waals surface area contributed by atoms with E-state index in [0.717, 1.165) is 12.1 Å². The standard InChI is InChI=1S/C14H21N3O2/c1-4-8-15-14(19)10(2)16-12-6-5-7-13(9-12)17-11(3)18/h5-7,9-10,16H,4,8H2,1-3H3,(H,15,19)(H,17,18). The van der Waals surface area contributed by atoms with E-state index in [1.807, 2.05) is 19.1 Å². The van der Waals surface area contributed by atoms with Crippen LogP contribution in [0.15, 0.2) is 24.3 Å². The van der Waals surface area contributed by atoms with Crippen molar-refractivity contribution in [3.05, 3.63) is 24.3 Å². The van der Waals surface area contributed by atoms with E-state index in [-0.39, 0.29) is 17.9 Å². The summed E-state index contributed by atoms with van der Waals surface area (Å²) in [7, 11) is 0. The van der Waals surface area contributed by atoms with Crippen LogP contribution in [-0.4, -0.2) is 24.4 Å². The highest BCUT2D eigenvalue weighted by Gasteiger charge is 2.11. The Hall–Kier alpha value is -2.04. The predicted molar refractivity (Wildman–Crippen MR) is 77.1 cm³/mol. The van der Waals surface area contributed by atoms with Crippen LogP contribution in [0.2, 0.25) is 0 Å². The Morgan fingerprint density at radius 3 is 2.58 bits per heavy atom. The molecule has 0 saturated carbocycles. The highest BCUT2D eigenvalue weighted by molar-refractivity contribution is 5.89. The number of hydrogen-bond donors (Lipinski definition) is 3. The molecule has 2 amide bonds. The quantitative estimate of drug-likeness (QED) is 0.735. The van der Waals surface area contributed by atoms with Crippen molar-refractivity contribution in [1.82, 2.24) is 5.32 Å². The molecule has 0 heterocycles. The maximum Gasteiger partial charge on any atom is 0.242 e. The first-order valence-electron chi connectivity index (χ1n) is 6.44. The van der Waals surface area contributed by atoms with Crippen LogP contribution in [0.4, 0.5) is 11.4 Å². The summed E-state index contributed by atoms with van der Waals surface area (Å²) in [5.41, 5.74) is 1.50. The molecule has 0 spiro atoms. The fraction of sp³-hybridized carbons (Fsp3) is 0.429. The molecule has 104 valence electrons. The Labute approximate surface area is 113 Å². The Kier molecular flexibility index (Phi) is 5.85. The van der Waals surface area contributed by atoms with E-state index in [1.54, 1.807) is 19.1 Å². The fourth-order valence-electron chi connectivity index (χ4n) is 1.61. The molecule has 5 heteroatoms. The lowest BCUT2D eigenvalue weighted by molar-refractivity contribution is -0.121. The number of anilines is 2. The first-order valence-corrected chi connectivity index (χ1v) is 6.44. The van der Waals surface area contributed by atoms with Gasteiger partial charge in [0.25, 0.3) is 0 Å². The summed E-state index contributed by atoms with van der Waals surface area (Å²) >= 11 is 0. The second-order valence-corrected chi connectivity index (χ2v) is 4.42. The van der Waals surface area contributed by atoms with Gasteiger partial charge in [-0.15, -0.1) is 0 Å². The van der Waals surface area contributed by atoms with E-state index in [4.69, 9.17) is 0 Å². The summed E-state index contributed by atoms with van der Waals surface area (Å²) in [4.78, 5) is 22.7. The molecule has 0 bridgehead atoms. The maximum absolute atomic E-state index is 11.7. The molecule has 1 aromatic rings. The van der Waals surface area contributed by atoms with E-state index in [9.17, 15) is 9.59 Å². The predicted octanol–water partition coefficient (Wildman–Crippen LogP) is 1.97. The first kappa shape index (κ1) is 15.0. The van der Waals surface area contributed by atoms with Gasteiger partial charge in [-0.3, -0.25) is 9.59 Å². The van der Waals surface area contributed by atoms with E-state index >= 15 is 0 Å². The number of nitrogens with one attached hydrogen (secondary N) is 3. The SMILES string of the molecule is CCCNC(=O)C(C)Nc1cccc(NC(C)=O)c1. The van der Waals surface area contributed by atoms with Crippen molar-refractivity contribution in [2.45, 2.75) is 33.2 Å². The molecule has 1 atom stereocenters. The zero-order chi connectivity index (χ0) is 14.3. The third-order valence-corrected chi connectivity index (χ3v) is 2.51. The molecule has 0 aliphatic carbocycles. The molecular formula is C14H21N3O2. The van der Waals surface area contributed by atoms with Gasteiger partial charge in [-0.2, -0.15) is 0 Å². The van der Waals surface area contributed by atoms with E-state index in [0.29, 0.717) is 12.2 Å². The lowest BCUT2D eigenvalue weighted by atomic mass is 10.2. The Morgan fingerprint density at radius 2 is 1.95 bits per heavy atom. The van der Waals surface area contributed by atoms with Crippen molar-refractivity contribution in [2.75, 3.05) is 17.2 Å². The second-order valence-electron chi connectivity index (χ2n) is 4.42. The average Bonchev–Trinajstić information content (AvgIpc) is 2.35. The Morgan fingerprint density at radius 1 is 1.26 bits per heavy atom. The fourth-order valence-corrected chi connectivity index (χ4v) is 1.61. The third kappa shape index (κ3) is 5.42. The van der Waals surface area contributed by atoms with Gasteiger partial charge in [-0.1, -0.05) is 13.0 Å². The van der Waals surface area contributed by atoms with Crippen LogP contribution >= 0.6 is 0 Å². The highest BCUT2D eigenvalue weighted by atomic mass is 16.2. The number of hydrogen-bond acceptors (Lipinski definition) is 3. The normalized spacial score (nSPS) is 11.5. The lowest BCUT2D eigenvalue weighted by Gasteiger charge is -2.15. The van der Waals surface area contributed by atoms with Gasteiger partial charge in [0.1, 0.15) is 6.04 Å². The zero-order valence-electron chi connectivity index (χ0n) is 11.6. The number of benzene rings is 1. The summed E-state index contributed by atoms with van der Waals surface area (Å²) in [6.45, 7) is 5.95. The Bertz CT molecular complexity index is 446. The average molecular weight is 263 g/mol. The van der Waals surface area contributed by atoms with Crippen LogP contribution in [-0.2, 0) is 9.59 Å². The molecule has 0 aromatic heterocycles. The van der Waals surface area contributed by atoms with Crippen LogP contribution < -0.4 is 16.0 Å². The van der Waals surface area contributed by atoms with Gasteiger partial charge in [-0.05, 0) is 31.5 Å². The minimum absolute atomic E-state index is 0.0354. The molecule has 19 heavy (non-hydrogen) atoms. The second kappa shape index (κ2) is 7.41. The van der Waals surface area contributed by atoms with Crippen LogP contribution in [0.25, 0.3) is 0 Å². The van der Waals surface area contributed by atoms with Gasteiger partial charge in [0, 0.05) is 24.8 Å². The minimum atomic E-state index is -0.320. The summed E-state index contributed by atoms with van der Waals surface area (Å²) in [6.07, 6.45) is 0.913. The number of carbonyl (C=O) groups excluding carboxylic acids is 2. The summed E-state index contributed by atoms with van der Waals surface area (Å²) in [6, 6.07) is 6.96. The van der Waals surface area contributed by atoms with Crippen molar-refractivity contribution >= 4 is 23.2 Å². The van der Waals surface area contributed by atoms with Crippen molar-refractivity contribution in [1.29, 1.82) is 0 Å². The van der Waals surface area contributed by atoms with Gasteiger partial charge in [0.05, 0.1) is 0 Å². The molecule has 5 nitrogen and oxygen atoms in total. The molecule has 0 saturated heterocycles. The molecular weight excluding hydrogens is 242 g/mol. The van der Waals surface area contributed by atoms with Gasteiger partial charge in [0.15, 0.2) is 0 Å². The number of amides is 2. The van der Waals surface area contributed by atoms with E-state index in [1.165, 1.54) is 6.92 Å². The van der Waals surface area contributed by atoms with Crippen LogP contribution in [0.3, 0.4) is 0 Å². The monoisotopic (exact) mass is 263 g/mol. The van der Waals surface area contributed by atoms with E-state index < -0.39 is 0 Å². The van der Waals surface area contributed by atoms with Gasteiger partial charge in [0.2, 0.25) is 11.8 Å². The molecule has 0 fully saturated rings. The van der Waals surface area contributed by atoms with Gasteiger partial charge in [-0.25, -0.2) is 0 Å². The summed E-state index contributed by atoms with van der Waals surface area (Å²) in [5, 5.41) is 8.63. The van der Waals surface area contributed by atoms with Crippen LogP contribution in [0.1, 0.15) is 27.2 Å². The maximum atomic E-state index is 11.7. The molecule has 0 aliphatic heterocycles. The number of rotatable bonds is 6. The molecule has 3 N–H and O–H groups in total. The highest BCUT2D eigenvalue weighted by Crippen LogP contribution is 2.15. The van der Waals surface area contributed by atoms with Crippen molar-refractivity contribution in [3.63, 3.8) is 0 Å². The summed E-state index contributed by atoms with van der Waals surface area (Å²) in [5.74, 6) is -0.155. The largest absolute Gasteiger partial charge is 0.374 e. The smallest absolute Gasteiger partial charge is 0.242 e. The van der Waals surface area contributed by atoms with Crippen molar-refractivity contribution in [2.24, 2.45) is 0 Å². The van der Waals surface area contributed by atoms with Gasteiger partial charge >= 0.3 is 0 Å².